The van der Waals surface area contributed by atoms with Crippen LogP contribution in [0.5, 0.6) is 5.75 Å². The molecular weight excluding hydrogens is 319 g/mol. The molecule has 1 heterocycles. The van der Waals surface area contributed by atoms with Crippen LogP contribution in [0, 0.1) is 5.82 Å². The predicted octanol–water partition coefficient (Wildman–Crippen LogP) is 4.32. The molecule has 1 atom stereocenters. The molecule has 1 aromatic heterocycles. The number of amides is 1. The van der Waals surface area contributed by atoms with Gasteiger partial charge >= 0.3 is 0 Å². The topological polar surface area (TPSA) is 54.1 Å². The zero-order valence-electron chi connectivity index (χ0n) is 14.0. The molecule has 3 rings (SSSR count). The van der Waals surface area contributed by atoms with Crippen molar-refractivity contribution in [1.82, 2.24) is 10.3 Å². The fraction of sp³-hybridized carbons (Fsp3) is 0.150. The molecule has 0 saturated carbocycles. The molecule has 2 N–H and O–H groups in total. The van der Waals surface area contributed by atoms with Gasteiger partial charge in [-0.05, 0) is 24.6 Å². The van der Waals surface area contributed by atoms with Crippen molar-refractivity contribution in [3.8, 4) is 17.0 Å². The van der Waals surface area contributed by atoms with Crippen LogP contribution in [0.3, 0.4) is 0 Å². The van der Waals surface area contributed by atoms with Crippen LogP contribution in [-0.2, 0) is 0 Å². The SMILES string of the molecule is CNC(=O)c1[nH]c(-c2ccccc2F)cc1O[C@H](C)c1ccccc1. The summed E-state index contributed by atoms with van der Waals surface area (Å²) in [7, 11) is 1.54. The fourth-order valence-electron chi connectivity index (χ4n) is 2.63. The van der Waals surface area contributed by atoms with Gasteiger partial charge in [-0.15, -0.1) is 0 Å². The summed E-state index contributed by atoms with van der Waals surface area (Å²) < 4.78 is 20.0. The van der Waals surface area contributed by atoms with Crippen LogP contribution < -0.4 is 10.1 Å². The fourth-order valence-corrected chi connectivity index (χ4v) is 2.63. The Bertz CT molecular complexity index is 874. The van der Waals surface area contributed by atoms with E-state index in [1.54, 1.807) is 24.3 Å². The zero-order valence-corrected chi connectivity index (χ0v) is 14.0. The van der Waals surface area contributed by atoms with Gasteiger partial charge in [-0.25, -0.2) is 4.39 Å². The first-order chi connectivity index (χ1) is 12.1. The number of carbonyl (C=O) groups excluding carboxylic acids is 1. The lowest BCUT2D eigenvalue weighted by Crippen LogP contribution is -2.19. The molecule has 3 aromatic rings. The number of aromatic amines is 1. The highest BCUT2D eigenvalue weighted by molar-refractivity contribution is 5.96. The molecule has 0 aliphatic rings. The van der Waals surface area contributed by atoms with Crippen molar-refractivity contribution in [2.24, 2.45) is 0 Å². The normalized spacial score (nSPS) is 11.8. The first kappa shape index (κ1) is 16.8. The molecule has 5 heteroatoms. The van der Waals surface area contributed by atoms with Gasteiger partial charge in [0, 0.05) is 18.7 Å². The third-order valence-corrected chi connectivity index (χ3v) is 3.97. The van der Waals surface area contributed by atoms with Crippen molar-refractivity contribution in [2.45, 2.75) is 13.0 Å². The Kier molecular flexibility index (Phi) is 4.84. The highest BCUT2D eigenvalue weighted by Crippen LogP contribution is 2.31. The molecule has 0 aliphatic heterocycles. The van der Waals surface area contributed by atoms with Gasteiger partial charge in [0.15, 0.2) is 5.75 Å². The van der Waals surface area contributed by atoms with Gasteiger partial charge in [0.25, 0.3) is 5.91 Å². The Hall–Kier alpha value is -3.08. The third-order valence-electron chi connectivity index (χ3n) is 3.97. The van der Waals surface area contributed by atoms with Gasteiger partial charge in [0.1, 0.15) is 17.6 Å². The Labute approximate surface area is 145 Å². The number of hydrogen-bond acceptors (Lipinski definition) is 2. The van der Waals surface area contributed by atoms with Gasteiger partial charge in [-0.2, -0.15) is 0 Å². The Balaban J connectivity index is 1.97. The highest BCUT2D eigenvalue weighted by atomic mass is 19.1. The number of aromatic nitrogens is 1. The minimum absolute atomic E-state index is 0.256. The average Bonchev–Trinajstić information content (AvgIpc) is 3.05. The molecule has 0 bridgehead atoms. The molecule has 0 aliphatic carbocycles. The molecule has 0 fully saturated rings. The van der Waals surface area contributed by atoms with Crippen LogP contribution in [0.15, 0.2) is 60.7 Å². The molecule has 4 nitrogen and oxygen atoms in total. The molecule has 0 spiro atoms. The number of halogens is 1. The van der Waals surface area contributed by atoms with Gasteiger partial charge < -0.3 is 15.0 Å². The quantitative estimate of drug-likeness (QED) is 0.728. The lowest BCUT2D eigenvalue weighted by Gasteiger charge is -2.14. The maximum atomic E-state index is 14.1. The average molecular weight is 338 g/mol. The van der Waals surface area contributed by atoms with Gasteiger partial charge in [-0.1, -0.05) is 42.5 Å². The summed E-state index contributed by atoms with van der Waals surface area (Å²) in [4.78, 5) is 15.1. The number of carbonyl (C=O) groups is 1. The summed E-state index contributed by atoms with van der Waals surface area (Å²) in [5, 5.41) is 2.57. The second kappa shape index (κ2) is 7.21. The van der Waals surface area contributed by atoms with Crippen molar-refractivity contribution in [2.75, 3.05) is 7.05 Å². The van der Waals surface area contributed by atoms with Crippen molar-refractivity contribution in [1.29, 1.82) is 0 Å². The van der Waals surface area contributed by atoms with Crippen LogP contribution >= 0.6 is 0 Å². The molecule has 2 aromatic carbocycles. The van der Waals surface area contributed by atoms with Gasteiger partial charge in [0.2, 0.25) is 0 Å². The molecule has 0 unspecified atom stereocenters. The van der Waals surface area contributed by atoms with Crippen LogP contribution in [0.1, 0.15) is 29.1 Å². The Morgan fingerprint density at radius 3 is 2.48 bits per heavy atom. The van der Waals surface area contributed by atoms with E-state index in [0.717, 1.165) is 5.56 Å². The standard InChI is InChI=1S/C20H19FN2O2/c1-13(14-8-4-3-5-9-14)25-18-12-17(23-19(18)20(24)22-2)15-10-6-7-11-16(15)21/h3-13,23H,1-2H3,(H,22,24)/t13-/m1/s1. The van der Waals surface area contributed by atoms with E-state index >= 15 is 0 Å². The molecule has 25 heavy (non-hydrogen) atoms. The van der Waals surface area contributed by atoms with Crippen molar-refractivity contribution < 1.29 is 13.9 Å². The van der Waals surface area contributed by atoms with Crippen LogP contribution in [0.4, 0.5) is 4.39 Å². The van der Waals surface area contributed by atoms with E-state index in [0.29, 0.717) is 17.0 Å². The summed E-state index contributed by atoms with van der Waals surface area (Å²) in [6, 6.07) is 17.7. The maximum absolute atomic E-state index is 14.1. The van der Waals surface area contributed by atoms with E-state index in [2.05, 4.69) is 10.3 Å². The van der Waals surface area contributed by atoms with Gasteiger partial charge in [-0.3, -0.25) is 4.79 Å². The second-order valence-corrected chi connectivity index (χ2v) is 5.65. The van der Waals surface area contributed by atoms with Gasteiger partial charge in [0.05, 0.1) is 5.69 Å². The zero-order chi connectivity index (χ0) is 17.8. The largest absolute Gasteiger partial charge is 0.484 e. The lowest BCUT2D eigenvalue weighted by atomic mass is 10.1. The first-order valence-corrected chi connectivity index (χ1v) is 8.01. The van der Waals surface area contributed by atoms with Crippen LogP contribution in [-0.4, -0.2) is 17.9 Å². The second-order valence-electron chi connectivity index (χ2n) is 5.65. The van der Waals surface area contributed by atoms with E-state index in [-0.39, 0.29) is 23.5 Å². The lowest BCUT2D eigenvalue weighted by molar-refractivity contribution is 0.0952. The number of benzene rings is 2. The van der Waals surface area contributed by atoms with Crippen LogP contribution in [0.2, 0.25) is 0 Å². The number of hydrogen-bond donors (Lipinski definition) is 2. The maximum Gasteiger partial charge on any atom is 0.271 e. The number of ether oxygens (including phenoxy) is 1. The molecule has 0 saturated heterocycles. The van der Waals surface area contributed by atoms with E-state index in [1.807, 2.05) is 37.3 Å². The molecule has 0 radical (unpaired) electrons. The van der Waals surface area contributed by atoms with Crippen molar-refractivity contribution >= 4 is 5.91 Å². The van der Waals surface area contributed by atoms with Crippen molar-refractivity contribution in [3.63, 3.8) is 0 Å². The Morgan fingerprint density at radius 2 is 1.80 bits per heavy atom. The molecular formula is C20H19FN2O2. The number of nitrogens with one attached hydrogen (secondary N) is 2. The summed E-state index contributed by atoms with van der Waals surface area (Å²) >= 11 is 0. The number of rotatable bonds is 5. The van der Waals surface area contributed by atoms with E-state index in [1.165, 1.54) is 13.1 Å². The minimum Gasteiger partial charge on any atom is -0.484 e. The Morgan fingerprint density at radius 1 is 1.12 bits per heavy atom. The minimum atomic E-state index is -0.366. The predicted molar refractivity (Wildman–Crippen MR) is 95.1 cm³/mol. The number of H-pyrrole nitrogens is 1. The first-order valence-electron chi connectivity index (χ1n) is 8.01. The van der Waals surface area contributed by atoms with E-state index in [9.17, 15) is 9.18 Å². The monoisotopic (exact) mass is 338 g/mol. The highest BCUT2D eigenvalue weighted by Gasteiger charge is 2.20. The van der Waals surface area contributed by atoms with Crippen LogP contribution in [0.25, 0.3) is 11.3 Å². The smallest absolute Gasteiger partial charge is 0.271 e. The third kappa shape index (κ3) is 3.55. The summed E-state index contributed by atoms with van der Waals surface area (Å²) in [5.41, 5.74) is 2.13. The summed E-state index contributed by atoms with van der Waals surface area (Å²) in [6.45, 7) is 1.90. The van der Waals surface area contributed by atoms with Crippen molar-refractivity contribution in [3.05, 3.63) is 77.7 Å². The van der Waals surface area contributed by atoms with E-state index in [4.69, 9.17) is 4.74 Å². The molecule has 128 valence electrons. The molecule has 1 amide bonds. The summed E-state index contributed by atoms with van der Waals surface area (Å²) in [6.07, 6.45) is -0.256. The summed E-state index contributed by atoms with van der Waals surface area (Å²) in [5.74, 6) is -0.304. The van der Waals surface area contributed by atoms with E-state index < -0.39 is 0 Å².